The van der Waals surface area contributed by atoms with Crippen molar-refractivity contribution in [2.45, 2.75) is 6.54 Å². The van der Waals surface area contributed by atoms with Crippen molar-refractivity contribution in [3.05, 3.63) is 57.4 Å². The van der Waals surface area contributed by atoms with Crippen molar-refractivity contribution >= 4 is 39.7 Å². The van der Waals surface area contributed by atoms with Gasteiger partial charge in [-0.2, -0.15) is 0 Å². The third kappa shape index (κ3) is 2.32. The van der Waals surface area contributed by atoms with Gasteiger partial charge in [-0.25, -0.2) is 0 Å². The van der Waals surface area contributed by atoms with Crippen LogP contribution in [-0.2, 0) is 13.6 Å². The summed E-state index contributed by atoms with van der Waals surface area (Å²) in [6.07, 6.45) is 0. The van der Waals surface area contributed by atoms with Crippen LogP contribution < -0.4 is 5.32 Å². The van der Waals surface area contributed by atoms with Crippen LogP contribution >= 0.6 is 22.9 Å². The maximum Gasteiger partial charge on any atom is 0.268 e. The molecule has 0 aliphatic carbocycles. The molecular weight excluding hydrogens is 292 g/mol. The molecule has 5 heteroatoms. The van der Waals surface area contributed by atoms with Gasteiger partial charge in [0.1, 0.15) is 5.69 Å². The first-order valence-electron chi connectivity index (χ1n) is 6.21. The summed E-state index contributed by atoms with van der Waals surface area (Å²) < 4.78 is 1.87. The molecule has 0 saturated carbocycles. The number of hydrogen-bond acceptors (Lipinski definition) is 2. The van der Waals surface area contributed by atoms with Crippen molar-refractivity contribution < 1.29 is 4.79 Å². The highest BCUT2D eigenvalue weighted by molar-refractivity contribution is 7.09. The van der Waals surface area contributed by atoms with E-state index in [2.05, 4.69) is 5.32 Å². The molecule has 0 bridgehead atoms. The molecule has 1 N–H and O–H groups in total. The third-order valence-electron chi connectivity index (χ3n) is 3.27. The molecule has 0 aliphatic rings. The SMILES string of the molecule is Cn1c(C(=O)NCc2cccs2)cc2c(Cl)cccc21. The van der Waals surface area contributed by atoms with Crippen LogP contribution in [0.5, 0.6) is 0 Å². The molecule has 0 atom stereocenters. The molecule has 3 rings (SSSR count). The van der Waals surface area contributed by atoms with Gasteiger partial charge in [0.15, 0.2) is 0 Å². The number of amides is 1. The van der Waals surface area contributed by atoms with Gasteiger partial charge in [0.2, 0.25) is 0 Å². The molecule has 0 spiro atoms. The minimum atomic E-state index is -0.0897. The molecule has 20 heavy (non-hydrogen) atoms. The van der Waals surface area contributed by atoms with E-state index in [0.29, 0.717) is 17.3 Å². The molecule has 3 nitrogen and oxygen atoms in total. The predicted molar refractivity (Wildman–Crippen MR) is 83.4 cm³/mol. The lowest BCUT2D eigenvalue weighted by molar-refractivity contribution is 0.0943. The van der Waals surface area contributed by atoms with Crippen molar-refractivity contribution in [3.63, 3.8) is 0 Å². The topological polar surface area (TPSA) is 34.0 Å². The Labute approximate surface area is 125 Å². The van der Waals surface area contributed by atoms with Crippen molar-refractivity contribution in [1.29, 1.82) is 0 Å². The number of hydrogen-bond donors (Lipinski definition) is 1. The van der Waals surface area contributed by atoms with E-state index >= 15 is 0 Å². The van der Waals surface area contributed by atoms with Crippen LogP contribution in [0.1, 0.15) is 15.4 Å². The lowest BCUT2D eigenvalue weighted by atomic mass is 10.2. The quantitative estimate of drug-likeness (QED) is 0.784. The molecular formula is C15H13ClN2OS. The lowest BCUT2D eigenvalue weighted by Crippen LogP contribution is -2.24. The zero-order valence-corrected chi connectivity index (χ0v) is 12.5. The molecule has 0 fully saturated rings. The number of halogens is 1. The van der Waals surface area contributed by atoms with E-state index in [9.17, 15) is 4.79 Å². The monoisotopic (exact) mass is 304 g/mol. The number of thiophene rings is 1. The summed E-state index contributed by atoms with van der Waals surface area (Å²) in [5, 5.41) is 6.49. The molecule has 2 aromatic heterocycles. The minimum Gasteiger partial charge on any atom is -0.346 e. The van der Waals surface area contributed by atoms with E-state index in [-0.39, 0.29) is 5.91 Å². The molecule has 3 aromatic rings. The molecule has 2 heterocycles. The van der Waals surface area contributed by atoms with E-state index < -0.39 is 0 Å². The number of nitrogens with zero attached hydrogens (tertiary/aromatic N) is 1. The first-order valence-corrected chi connectivity index (χ1v) is 7.47. The first kappa shape index (κ1) is 13.2. The van der Waals surface area contributed by atoms with Gasteiger partial charge in [-0.05, 0) is 29.6 Å². The van der Waals surface area contributed by atoms with Crippen LogP contribution in [0.2, 0.25) is 5.02 Å². The number of carbonyl (C=O) groups is 1. The standard InChI is InChI=1S/C15H13ClN2OS/c1-18-13-6-2-5-12(16)11(13)8-14(18)15(19)17-9-10-4-3-7-20-10/h2-8H,9H2,1H3,(H,17,19). The lowest BCUT2D eigenvalue weighted by Gasteiger charge is -2.05. The normalized spacial score (nSPS) is 10.9. The average Bonchev–Trinajstić information content (AvgIpc) is 3.06. The van der Waals surface area contributed by atoms with Gasteiger partial charge in [-0.1, -0.05) is 23.7 Å². The van der Waals surface area contributed by atoms with E-state index in [1.165, 1.54) is 0 Å². The van der Waals surface area contributed by atoms with E-state index in [1.807, 2.05) is 53.4 Å². The summed E-state index contributed by atoms with van der Waals surface area (Å²) in [5.41, 5.74) is 1.57. The first-order chi connectivity index (χ1) is 9.66. The Bertz CT molecular complexity index is 762. The van der Waals surface area contributed by atoms with Crippen LogP contribution in [0.3, 0.4) is 0 Å². The highest BCUT2D eigenvalue weighted by atomic mass is 35.5. The third-order valence-corrected chi connectivity index (χ3v) is 4.48. The summed E-state index contributed by atoms with van der Waals surface area (Å²) in [5.74, 6) is -0.0897. The Morgan fingerprint density at radius 3 is 2.90 bits per heavy atom. The van der Waals surface area contributed by atoms with Crippen molar-refractivity contribution in [2.24, 2.45) is 7.05 Å². The van der Waals surface area contributed by atoms with E-state index in [4.69, 9.17) is 11.6 Å². The zero-order valence-electron chi connectivity index (χ0n) is 10.9. The fourth-order valence-corrected chi connectivity index (χ4v) is 3.08. The van der Waals surface area contributed by atoms with Crippen LogP contribution in [0.15, 0.2) is 41.8 Å². The van der Waals surface area contributed by atoms with Gasteiger partial charge in [-0.3, -0.25) is 4.79 Å². The van der Waals surface area contributed by atoms with Crippen molar-refractivity contribution in [1.82, 2.24) is 9.88 Å². The van der Waals surface area contributed by atoms with Gasteiger partial charge >= 0.3 is 0 Å². The van der Waals surface area contributed by atoms with Crippen molar-refractivity contribution in [3.8, 4) is 0 Å². The molecule has 0 radical (unpaired) electrons. The summed E-state index contributed by atoms with van der Waals surface area (Å²) in [6.45, 7) is 0.547. The maximum atomic E-state index is 12.3. The highest BCUT2D eigenvalue weighted by Gasteiger charge is 2.14. The second kappa shape index (κ2) is 5.31. The Morgan fingerprint density at radius 2 is 2.20 bits per heavy atom. The zero-order chi connectivity index (χ0) is 14.1. The summed E-state index contributed by atoms with van der Waals surface area (Å²) in [6, 6.07) is 11.5. The maximum absolute atomic E-state index is 12.3. The van der Waals surface area contributed by atoms with Crippen LogP contribution in [0.4, 0.5) is 0 Å². The smallest absolute Gasteiger partial charge is 0.268 e. The average molecular weight is 305 g/mol. The van der Waals surface area contributed by atoms with Crippen LogP contribution in [0.25, 0.3) is 10.9 Å². The molecule has 0 aliphatic heterocycles. The molecule has 0 unspecified atom stereocenters. The number of aryl methyl sites for hydroxylation is 1. The Morgan fingerprint density at radius 1 is 1.35 bits per heavy atom. The molecule has 102 valence electrons. The number of fused-ring (bicyclic) bond motifs is 1. The highest BCUT2D eigenvalue weighted by Crippen LogP contribution is 2.26. The van der Waals surface area contributed by atoms with Gasteiger partial charge in [0.25, 0.3) is 5.91 Å². The number of benzene rings is 1. The molecule has 1 aromatic carbocycles. The number of aromatic nitrogens is 1. The molecule has 0 saturated heterocycles. The van der Waals surface area contributed by atoms with Gasteiger partial charge < -0.3 is 9.88 Å². The number of carbonyl (C=O) groups excluding carboxylic acids is 1. The summed E-state index contributed by atoms with van der Waals surface area (Å²) >= 11 is 7.79. The number of nitrogens with one attached hydrogen (secondary N) is 1. The van der Waals surface area contributed by atoms with Crippen molar-refractivity contribution in [2.75, 3.05) is 0 Å². The Balaban J connectivity index is 1.88. The minimum absolute atomic E-state index is 0.0897. The summed E-state index contributed by atoms with van der Waals surface area (Å²) in [4.78, 5) is 13.4. The van der Waals surface area contributed by atoms with Crippen LogP contribution in [0, 0.1) is 0 Å². The van der Waals surface area contributed by atoms with Gasteiger partial charge in [-0.15, -0.1) is 11.3 Å². The number of rotatable bonds is 3. The second-order valence-electron chi connectivity index (χ2n) is 4.52. The molecule has 1 amide bonds. The van der Waals surface area contributed by atoms with Gasteiger partial charge in [0, 0.05) is 27.9 Å². The fraction of sp³-hybridized carbons (Fsp3) is 0.133. The van der Waals surface area contributed by atoms with Gasteiger partial charge in [0.05, 0.1) is 6.54 Å². The second-order valence-corrected chi connectivity index (χ2v) is 5.96. The summed E-state index contributed by atoms with van der Waals surface area (Å²) in [7, 11) is 1.87. The van der Waals surface area contributed by atoms with E-state index in [0.717, 1.165) is 15.8 Å². The largest absolute Gasteiger partial charge is 0.346 e. The van der Waals surface area contributed by atoms with E-state index in [1.54, 1.807) is 11.3 Å². The fourth-order valence-electron chi connectivity index (χ4n) is 2.21. The predicted octanol–water partition coefficient (Wildman–Crippen LogP) is 3.82. The Hall–Kier alpha value is -1.78. The van der Waals surface area contributed by atoms with Crippen LogP contribution in [-0.4, -0.2) is 10.5 Å². The Kier molecular flexibility index (Phi) is 3.51.